The molecule has 1 aliphatic carbocycles. The average molecular weight is 662 g/mol. The molecule has 0 bridgehead atoms. The summed E-state index contributed by atoms with van der Waals surface area (Å²) in [6.07, 6.45) is 1.89. The summed E-state index contributed by atoms with van der Waals surface area (Å²) in [5.41, 5.74) is 17.6. The maximum Gasteiger partial charge on any atom is 0.0702 e. The Bertz CT molecular complexity index is 2970. The van der Waals surface area contributed by atoms with Crippen molar-refractivity contribution in [2.75, 3.05) is 0 Å². The molecule has 52 heavy (non-hydrogen) atoms. The lowest BCUT2D eigenvalue weighted by Crippen LogP contribution is -1.97. The van der Waals surface area contributed by atoms with Crippen LogP contribution >= 0.6 is 0 Å². The Labute approximate surface area is 301 Å². The molecule has 0 N–H and O–H groups in total. The van der Waals surface area contributed by atoms with E-state index in [9.17, 15) is 0 Å². The van der Waals surface area contributed by atoms with Crippen molar-refractivity contribution in [3.63, 3.8) is 0 Å². The van der Waals surface area contributed by atoms with Gasteiger partial charge in [0.1, 0.15) is 0 Å². The minimum absolute atomic E-state index is 0.959. The molecule has 3 nitrogen and oxygen atoms in total. The Morgan fingerprint density at radius 3 is 1.73 bits per heavy atom. The van der Waals surface area contributed by atoms with E-state index in [1.54, 1.807) is 0 Å². The van der Waals surface area contributed by atoms with Crippen LogP contribution in [0.4, 0.5) is 0 Å². The molecule has 0 radical (unpaired) electrons. The van der Waals surface area contributed by atoms with Crippen molar-refractivity contribution in [2.24, 2.45) is 0 Å². The largest absolute Gasteiger partial charge is 0.309 e. The van der Waals surface area contributed by atoms with Gasteiger partial charge in [-0.1, -0.05) is 121 Å². The zero-order chi connectivity index (χ0) is 34.2. The quantitative estimate of drug-likeness (QED) is 0.180. The summed E-state index contributed by atoms with van der Waals surface area (Å²) in [5, 5.41) is 3.82. The predicted molar refractivity (Wildman–Crippen MR) is 216 cm³/mol. The van der Waals surface area contributed by atoms with Crippen LogP contribution in [0.1, 0.15) is 0 Å². The highest BCUT2D eigenvalue weighted by Crippen LogP contribution is 2.54. The molecular formula is C49H31N3. The summed E-state index contributed by atoms with van der Waals surface area (Å²) in [5.74, 6) is 0. The summed E-state index contributed by atoms with van der Waals surface area (Å²) in [4.78, 5) is 4.85. The van der Waals surface area contributed by atoms with Crippen LogP contribution < -0.4 is 0 Å². The Hall–Kier alpha value is -6.97. The number of pyridine rings is 1. The van der Waals surface area contributed by atoms with Crippen LogP contribution in [0.2, 0.25) is 0 Å². The second-order valence-corrected chi connectivity index (χ2v) is 13.5. The Morgan fingerprint density at radius 2 is 0.981 bits per heavy atom. The van der Waals surface area contributed by atoms with E-state index in [2.05, 4.69) is 185 Å². The number of rotatable bonds is 5. The van der Waals surface area contributed by atoms with Crippen LogP contribution in [-0.2, 0) is 0 Å². The second kappa shape index (κ2) is 11.3. The molecule has 0 saturated heterocycles. The average Bonchev–Trinajstić information content (AvgIpc) is 3.71. The zero-order valence-electron chi connectivity index (χ0n) is 28.2. The van der Waals surface area contributed by atoms with Crippen LogP contribution in [0.15, 0.2) is 188 Å². The fourth-order valence-corrected chi connectivity index (χ4v) is 8.55. The molecule has 0 aliphatic heterocycles. The van der Waals surface area contributed by atoms with Crippen LogP contribution in [0.5, 0.6) is 0 Å². The van der Waals surface area contributed by atoms with Crippen molar-refractivity contribution in [3.8, 4) is 67.3 Å². The van der Waals surface area contributed by atoms with Gasteiger partial charge < -0.3 is 9.13 Å². The maximum absolute atomic E-state index is 4.85. The molecule has 3 heteroatoms. The maximum atomic E-state index is 4.85. The molecule has 3 aromatic heterocycles. The van der Waals surface area contributed by atoms with Crippen molar-refractivity contribution >= 4 is 32.7 Å². The first-order chi connectivity index (χ1) is 25.8. The number of hydrogen-bond donors (Lipinski definition) is 0. The lowest BCUT2D eigenvalue weighted by atomic mass is 9.91. The van der Waals surface area contributed by atoms with E-state index in [-0.39, 0.29) is 0 Å². The minimum Gasteiger partial charge on any atom is -0.309 e. The molecule has 0 unspecified atom stereocenters. The van der Waals surface area contributed by atoms with E-state index >= 15 is 0 Å². The Kier molecular flexibility index (Phi) is 6.25. The molecule has 11 rings (SSSR count). The molecule has 10 aromatic rings. The van der Waals surface area contributed by atoms with E-state index in [1.807, 2.05) is 12.3 Å². The first-order valence-corrected chi connectivity index (χ1v) is 17.8. The van der Waals surface area contributed by atoms with Gasteiger partial charge in [-0.15, -0.1) is 0 Å². The standard InChI is InChI=1S/C49H31N3/c1-4-15-32(16-5-1)34-19-14-22-37(29-34)51-42-26-27-43-48-46(49(33-17-6-2-7-18-33)52(43)36-20-8-3-9-21-36)39-24-11-10-23-38(39)40-30-35(41-25-12-13-28-50-41)31-44(51)45(40)47(42)48/h1-31H. The SMILES string of the molecule is c1ccc(-c2cccc(-n3c4cc(-c5ccccn5)cc5c4c4c6c(c(-c7ccccc7)n(-c7ccccc7)c6ccc43)-c3ccccc3-5)c2)cc1. The van der Waals surface area contributed by atoms with Gasteiger partial charge in [-0.05, 0) is 94.0 Å². The van der Waals surface area contributed by atoms with Gasteiger partial charge in [0.05, 0.1) is 27.9 Å². The smallest absolute Gasteiger partial charge is 0.0702 e. The highest BCUT2D eigenvalue weighted by Gasteiger charge is 2.31. The van der Waals surface area contributed by atoms with Gasteiger partial charge in [-0.2, -0.15) is 0 Å². The second-order valence-electron chi connectivity index (χ2n) is 13.5. The fraction of sp³-hybridized carbons (Fsp3) is 0. The highest BCUT2D eigenvalue weighted by molar-refractivity contribution is 6.32. The van der Waals surface area contributed by atoms with Gasteiger partial charge >= 0.3 is 0 Å². The monoisotopic (exact) mass is 661 g/mol. The van der Waals surface area contributed by atoms with E-state index in [1.165, 1.54) is 77.3 Å². The van der Waals surface area contributed by atoms with Crippen LogP contribution in [0.25, 0.3) is 100.0 Å². The van der Waals surface area contributed by atoms with Gasteiger partial charge in [-0.25, -0.2) is 0 Å². The summed E-state index contributed by atoms with van der Waals surface area (Å²) in [6, 6.07) is 65.9. The van der Waals surface area contributed by atoms with E-state index in [0.717, 1.165) is 22.6 Å². The highest BCUT2D eigenvalue weighted by atomic mass is 15.0. The molecular weight excluding hydrogens is 631 g/mol. The van der Waals surface area contributed by atoms with Crippen LogP contribution in [0, 0.1) is 0 Å². The number of para-hydroxylation sites is 1. The first-order valence-electron chi connectivity index (χ1n) is 17.8. The Balaban J connectivity index is 1.36. The molecule has 3 heterocycles. The van der Waals surface area contributed by atoms with Crippen molar-refractivity contribution in [1.82, 2.24) is 14.1 Å². The predicted octanol–water partition coefficient (Wildman–Crippen LogP) is 12.8. The van der Waals surface area contributed by atoms with Crippen molar-refractivity contribution in [3.05, 3.63) is 188 Å². The number of hydrogen-bond acceptors (Lipinski definition) is 1. The van der Waals surface area contributed by atoms with Crippen molar-refractivity contribution in [2.45, 2.75) is 0 Å². The summed E-state index contributed by atoms with van der Waals surface area (Å²) in [6.45, 7) is 0. The van der Waals surface area contributed by atoms with Crippen molar-refractivity contribution in [1.29, 1.82) is 0 Å². The fourth-order valence-electron chi connectivity index (χ4n) is 8.55. The third-order valence-corrected chi connectivity index (χ3v) is 10.7. The van der Waals surface area contributed by atoms with Gasteiger partial charge in [0.2, 0.25) is 0 Å². The molecule has 0 saturated carbocycles. The Morgan fingerprint density at radius 1 is 0.346 bits per heavy atom. The van der Waals surface area contributed by atoms with E-state index in [4.69, 9.17) is 4.98 Å². The lowest BCUT2D eigenvalue weighted by molar-refractivity contribution is 1.13. The van der Waals surface area contributed by atoms with E-state index in [0.29, 0.717) is 0 Å². The lowest BCUT2D eigenvalue weighted by Gasteiger charge is -2.16. The number of aromatic nitrogens is 3. The van der Waals surface area contributed by atoms with Gasteiger partial charge in [0.25, 0.3) is 0 Å². The molecule has 1 aliphatic rings. The van der Waals surface area contributed by atoms with E-state index < -0.39 is 0 Å². The summed E-state index contributed by atoms with van der Waals surface area (Å²) in [7, 11) is 0. The molecule has 0 atom stereocenters. The van der Waals surface area contributed by atoms with Gasteiger partial charge in [0, 0.05) is 44.9 Å². The first kappa shape index (κ1) is 28.8. The third kappa shape index (κ3) is 4.17. The van der Waals surface area contributed by atoms with Gasteiger partial charge in [-0.3, -0.25) is 4.98 Å². The topological polar surface area (TPSA) is 22.8 Å². The van der Waals surface area contributed by atoms with Crippen LogP contribution in [-0.4, -0.2) is 14.1 Å². The van der Waals surface area contributed by atoms with Crippen LogP contribution in [0.3, 0.4) is 0 Å². The molecule has 0 fully saturated rings. The molecule has 7 aromatic carbocycles. The third-order valence-electron chi connectivity index (χ3n) is 10.7. The van der Waals surface area contributed by atoms with Gasteiger partial charge in [0.15, 0.2) is 0 Å². The molecule has 0 spiro atoms. The molecule has 242 valence electrons. The zero-order valence-corrected chi connectivity index (χ0v) is 28.2. The molecule has 0 amide bonds. The van der Waals surface area contributed by atoms with Crippen molar-refractivity contribution < 1.29 is 0 Å². The number of nitrogens with zero attached hydrogens (tertiary/aromatic N) is 3. The number of fused-ring (bicyclic) bond motifs is 3. The minimum atomic E-state index is 0.959. The summed E-state index contributed by atoms with van der Waals surface area (Å²) >= 11 is 0. The normalized spacial score (nSPS) is 11.8. The summed E-state index contributed by atoms with van der Waals surface area (Å²) < 4.78 is 4.95. The number of benzene rings is 7.